The Morgan fingerprint density at radius 1 is 1.24 bits per heavy atom. The van der Waals surface area contributed by atoms with Gasteiger partial charge in [0.15, 0.2) is 0 Å². The monoisotopic (exact) mass is 234 g/mol. The molecule has 3 nitrogen and oxygen atoms in total. The normalized spacial score (nSPS) is 23.8. The van der Waals surface area contributed by atoms with Gasteiger partial charge in [-0.15, -0.1) is 0 Å². The zero-order chi connectivity index (χ0) is 12.4. The van der Waals surface area contributed by atoms with Crippen molar-refractivity contribution in [1.29, 1.82) is 0 Å². The zero-order valence-electron chi connectivity index (χ0n) is 10.9. The fourth-order valence-electron chi connectivity index (χ4n) is 2.25. The molecule has 94 valence electrons. The predicted octanol–water partition coefficient (Wildman–Crippen LogP) is 1.88. The van der Waals surface area contributed by atoms with Gasteiger partial charge in [0.2, 0.25) is 0 Å². The number of nitrogens with zero attached hydrogens (tertiary/aromatic N) is 2. The van der Waals surface area contributed by atoms with Gasteiger partial charge in [-0.3, -0.25) is 0 Å². The van der Waals surface area contributed by atoms with Crippen LogP contribution >= 0.6 is 0 Å². The molecule has 2 rings (SSSR count). The highest BCUT2D eigenvalue weighted by atomic mass is 16.3. The molecule has 3 heteroatoms. The van der Waals surface area contributed by atoms with E-state index in [0.29, 0.717) is 6.04 Å². The third-order valence-corrected chi connectivity index (χ3v) is 3.70. The molecule has 2 atom stereocenters. The van der Waals surface area contributed by atoms with Gasteiger partial charge in [0.25, 0.3) is 0 Å². The molecule has 1 heterocycles. The molecule has 0 bridgehead atoms. The smallest absolute Gasteiger partial charge is 0.0761 e. The zero-order valence-corrected chi connectivity index (χ0v) is 10.9. The van der Waals surface area contributed by atoms with E-state index < -0.39 is 0 Å². The second kappa shape index (κ2) is 5.07. The second-order valence-electron chi connectivity index (χ2n) is 5.04. The van der Waals surface area contributed by atoms with Crippen LogP contribution in [0.2, 0.25) is 0 Å². The van der Waals surface area contributed by atoms with E-state index in [9.17, 15) is 5.11 Å². The van der Waals surface area contributed by atoms with E-state index in [0.717, 1.165) is 25.2 Å². The lowest BCUT2D eigenvalue weighted by atomic mass is 10.1. The molecule has 0 spiro atoms. The molecule has 1 fully saturated rings. The van der Waals surface area contributed by atoms with E-state index in [1.54, 1.807) is 6.92 Å². The van der Waals surface area contributed by atoms with Gasteiger partial charge in [-0.05, 0) is 38.6 Å². The van der Waals surface area contributed by atoms with E-state index in [2.05, 4.69) is 35.9 Å². The van der Waals surface area contributed by atoms with Gasteiger partial charge in [-0.25, -0.2) is 0 Å². The molecule has 1 saturated heterocycles. The molecule has 1 unspecified atom stereocenters. The first-order valence-corrected chi connectivity index (χ1v) is 6.31. The molecule has 1 aliphatic rings. The van der Waals surface area contributed by atoms with Crippen molar-refractivity contribution in [2.75, 3.05) is 31.6 Å². The molecule has 1 aromatic carbocycles. The fraction of sp³-hybridized carbons (Fsp3) is 0.571. The first kappa shape index (κ1) is 12.4. The number of likely N-dealkylation sites (N-methyl/N-ethyl adjacent to an activating group) is 1. The highest BCUT2D eigenvalue weighted by molar-refractivity contribution is 5.48. The summed E-state index contributed by atoms with van der Waals surface area (Å²) >= 11 is 0. The van der Waals surface area contributed by atoms with E-state index in [1.807, 2.05) is 12.1 Å². The van der Waals surface area contributed by atoms with Crippen LogP contribution in [-0.2, 0) is 0 Å². The number of anilines is 1. The quantitative estimate of drug-likeness (QED) is 0.846. The Balaban J connectivity index is 2.07. The number of piperazine rings is 1. The van der Waals surface area contributed by atoms with E-state index in [1.165, 1.54) is 5.69 Å². The lowest BCUT2D eigenvalue weighted by Gasteiger charge is -2.39. The van der Waals surface area contributed by atoms with Crippen LogP contribution in [0.4, 0.5) is 5.69 Å². The minimum atomic E-state index is -0.379. The van der Waals surface area contributed by atoms with Crippen LogP contribution in [0.25, 0.3) is 0 Å². The number of aliphatic hydroxyl groups is 1. The third kappa shape index (κ3) is 2.79. The second-order valence-corrected chi connectivity index (χ2v) is 5.04. The summed E-state index contributed by atoms with van der Waals surface area (Å²) in [7, 11) is 2.18. The first-order valence-electron chi connectivity index (χ1n) is 6.31. The Hall–Kier alpha value is -1.06. The number of rotatable bonds is 2. The molecule has 0 radical (unpaired) electrons. The average molecular weight is 234 g/mol. The van der Waals surface area contributed by atoms with Crippen LogP contribution in [0.15, 0.2) is 24.3 Å². The molecule has 0 aromatic heterocycles. The summed E-state index contributed by atoms with van der Waals surface area (Å²) < 4.78 is 0. The molecule has 0 amide bonds. The fourth-order valence-corrected chi connectivity index (χ4v) is 2.25. The van der Waals surface area contributed by atoms with Crippen molar-refractivity contribution in [3.05, 3.63) is 29.8 Å². The van der Waals surface area contributed by atoms with E-state index in [-0.39, 0.29) is 6.10 Å². The molecular formula is C14H22N2O. The molecule has 0 saturated carbocycles. The summed E-state index contributed by atoms with van der Waals surface area (Å²) in [6, 6.07) is 8.85. The number of hydrogen-bond acceptors (Lipinski definition) is 3. The maximum atomic E-state index is 9.48. The largest absolute Gasteiger partial charge is 0.389 e. The Morgan fingerprint density at radius 2 is 1.88 bits per heavy atom. The van der Waals surface area contributed by atoms with Crippen molar-refractivity contribution < 1.29 is 5.11 Å². The van der Waals surface area contributed by atoms with Crippen LogP contribution in [0, 0.1) is 0 Å². The third-order valence-electron chi connectivity index (χ3n) is 3.70. The van der Waals surface area contributed by atoms with Crippen molar-refractivity contribution in [1.82, 2.24) is 4.90 Å². The van der Waals surface area contributed by atoms with Gasteiger partial charge in [-0.2, -0.15) is 0 Å². The average Bonchev–Trinajstić information content (AvgIpc) is 2.33. The van der Waals surface area contributed by atoms with Crippen molar-refractivity contribution in [3.63, 3.8) is 0 Å². The van der Waals surface area contributed by atoms with Gasteiger partial charge in [0.1, 0.15) is 0 Å². The molecule has 1 aromatic rings. The summed E-state index contributed by atoms with van der Waals surface area (Å²) in [5.74, 6) is 0. The summed E-state index contributed by atoms with van der Waals surface area (Å²) in [6.07, 6.45) is -0.379. The topological polar surface area (TPSA) is 26.7 Å². The first-order chi connectivity index (χ1) is 8.08. The molecule has 1 aliphatic heterocycles. The minimum Gasteiger partial charge on any atom is -0.389 e. The number of hydrogen-bond donors (Lipinski definition) is 1. The van der Waals surface area contributed by atoms with Crippen LogP contribution in [0.3, 0.4) is 0 Å². The Morgan fingerprint density at radius 3 is 2.41 bits per heavy atom. The van der Waals surface area contributed by atoms with Crippen molar-refractivity contribution in [3.8, 4) is 0 Å². The summed E-state index contributed by atoms with van der Waals surface area (Å²) in [6.45, 7) is 7.32. The van der Waals surface area contributed by atoms with Crippen LogP contribution in [-0.4, -0.2) is 42.7 Å². The van der Waals surface area contributed by atoms with Gasteiger partial charge in [-0.1, -0.05) is 12.1 Å². The lowest BCUT2D eigenvalue weighted by molar-refractivity contribution is 0.199. The Bertz CT molecular complexity index is 361. The number of benzene rings is 1. The highest BCUT2D eigenvalue weighted by Gasteiger charge is 2.20. The predicted molar refractivity (Wildman–Crippen MR) is 71.4 cm³/mol. The maximum Gasteiger partial charge on any atom is 0.0761 e. The van der Waals surface area contributed by atoms with Gasteiger partial charge >= 0.3 is 0 Å². The van der Waals surface area contributed by atoms with Crippen molar-refractivity contribution in [2.45, 2.75) is 26.0 Å². The van der Waals surface area contributed by atoms with Crippen LogP contribution in [0.5, 0.6) is 0 Å². The van der Waals surface area contributed by atoms with Crippen LogP contribution in [0.1, 0.15) is 25.5 Å². The van der Waals surface area contributed by atoms with Gasteiger partial charge in [0, 0.05) is 31.4 Å². The summed E-state index contributed by atoms with van der Waals surface area (Å²) in [4.78, 5) is 4.80. The summed E-state index contributed by atoms with van der Waals surface area (Å²) in [5.41, 5.74) is 2.24. The van der Waals surface area contributed by atoms with Crippen molar-refractivity contribution in [2.24, 2.45) is 0 Å². The van der Waals surface area contributed by atoms with E-state index in [4.69, 9.17) is 0 Å². The van der Waals surface area contributed by atoms with E-state index >= 15 is 0 Å². The molecule has 17 heavy (non-hydrogen) atoms. The SMILES string of the molecule is CC1CN(c2ccc([C@H](C)O)cc2)CCN1C. The Kier molecular flexibility index (Phi) is 3.69. The Labute approximate surface area is 104 Å². The minimum absolute atomic E-state index is 0.379. The summed E-state index contributed by atoms with van der Waals surface area (Å²) in [5, 5.41) is 9.48. The van der Waals surface area contributed by atoms with Crippen molar-refractivity contribution >= 4 is 5.69 Å². The van der Waals surface area contributed by atoms with Crippen LogP contribution < -0.4 is 4.90 Å². The highest BCUT2D eigenvalue weighted by Crippen LogP contribution is 2.21. The molecular weight excluding hydrogens is 212 g/mol. The standard InChI is InChI=1S/C14H22N2O/c1-11-10-16(9-8-15(11)3)14-6-4-13(5-7-14)12(2)17/h4-7,11-12,17H,8-10H2,1-3H3/t11?,12-/m0/s1. The molecule has 0 aliphatic carbocycles. The maximum absolute atomic E-state index is 9.48. The number of aliphatic hydroxyl groups excluding tert-OH is 1. The van der Waals surface area contributed by atoms with Gasteiger partial charge < -0.3 is 14.9 Å². The lowest BCUT2D eigenvalue weighted by Crippen LogP contribution is -2.50. The molecule has 1 N–H and O–H groups in total. The van der Waals surface area contributed by atoms with Gasteiger partial charge in [0.05, 0.1) is 6.10 Å².